The van der Waals surface area contributed by atoms with E-state index in [0.717, 1.165) is 31.9 Å². The second-order valence-electron chi connectivity index (χ2n) is 6.09. The Hall–Kier alpha value is -2.44. The molecule has 1 amide bonds. The van der Waals surface area contributed by atoms with Crippen LogP contribution in [0.25, 0.3) is 16.2 Å². The second kappa shape index (κ2) is 7.05. The number of nitrogens with zero attached hydrogens (tertiary/aromatic N) is 2. The first kappa shape index (κ1) is 17.0. The molecule has 4 nitrogen and oxygen atoms in total. The first-order chi connectivity index (χ1) is 12.6. The number of imidazole rings is 1. The lowest BCUT2D eigenvalue weighted by atomic mass is 10.1. The van der Waals surface area contributed by atoms with Gasteiger partial charge in [-0.1, -0.05) is 40.2 Å². The van der Waals surface area contributed by atoms with Crippen LogP contribution in [0.3, 0.4) is 0 Å². The average Bonchev–Trinajstić information content (AvgIpc) is 3.17. The molecule has 6 heteroatoms. The summed E-state index contributed by atoms with van der Waals surface area (Å²) in [4.78, 5) is 18.0. The van der Waals surface area contributed by atoms with Gasteiger partial charge in [-0.2, -0.15) is 0 Å². The topological polar surface area (TPSA) is 46.4 Å². The number of anilines is 1. The minimum atomic E-state index is -0.0399. The van der Waals surface area contributed by atoms with Gasteiger partial charge in [0.25, 0.3) is 0 Å². The van der Waals surface area contributed by atoms with Crippen molar-refractivity contribution in [2.24, 2.45) is 0 Å². The van der Waals surface area contributed by atoms with Crippen LogP contribution < -0.4 is 5.32 Å². The summed E-state index contributed by atoms with van der Waals surface area (Å²) in [6.07, 6.45) is 2.37. The van der Waals surface area contributed by atoms with Gasteiger partial charge in [-0.25, -0.2) is 4.98 Å². The van der Waals surface area contributed by atoms with E-state index in [2.05, 4.69) is 42.9 Å². The second-order valence-corrected chi connectivity index (χ2v) is 7.84. The number of rotatable bonds is 4. The van der Waals surface area contributed by atoms with E-state index in [9.17, 15) is 4.79 Å². The van der Waals surface area contributed by atoms with Crippen molar-refractivity contribution >= 4 is 43.8 Å². The Morgan fingerprint density at radius 1 is 1.23 bits per heavy atom. The number of thiazole rings is 1. The lowest BCUT2D eigenvalue weighted by Gasteiger charge is -2.07. The van der Waals surface area contributed by atoms with Crippen molar-refractivity contribution in [3.63, 3.8) is 0 Å². The van der Waals surface area contributed by atoms with E-state index in [4.69, 9.17) is 0 Å². The molecule has 2 heterocycles. The molecule has 26 heavy (non-hydrogen) atoms. The van der Waals surface area contributed by atoms with Gasteiger partial charge in [0.05, 0.1) is 12.1 Å². The van der Waals surface area contributed by atoms with Crippen LogP contribution in [0.1, 0.15) is 11.3 Å². The molecule has 0 aliphatic heterocycles. The molecule has 4 rings (SSSR count). The van der Waals surface area contributed by atoms with Gasteiger partial charge in [-0.3, -0.25) is 9.20 Å². The smallest absolute Gasteiger partial charge is 0.228 e. The van der Waals surface area contributed by atoms with Gasteiger partial charge in [-0.05, 0) is 36.8 Å². The van der Waals surface area contributed by atoms with E-state index in [1.54, 1.807) is 11.3 Å². The predicted molar refractivity (Wildman–Crippen MR) is 110 cm³/mol. The molecule has 0 aliphatic carbocycles. The highest BCUT2D eigenvalue weighted by molar-refractivity contribution is 9.10. The maximum absolute atomic E-state index is 12.3. The largest absolute Gasteiger partial charge is 0.326 e. The van der Waals surface area contributed by atoms with Crippen molar-refractivity contribution in [2.75, 3.05) is 5.32 Å². The molecule has 0 fully saturated rings. The highest BCUT2D eigenvalue weighted by atomic mass is 79.9. The third kappa shape index (κ3) is 3.57. The quantitative estimate of drug-likeness (QED) is 0.481. The van der Waals surface area contributed by atoms with E-state index in [0.29, 0.717) is 6.42 Å². The lowest BCUT2D eigenvalue weighted by molar-refractivity contribution is -0.115. The number of carbonyl (C=O) groups excluding carboxylic acids is 1. The predicted octanol–water partition coefficient (Wildman–Crippen LogP) is 5.31. The molecular weight excluding hydrogens is 410 g/mol. The van der Waals surface area contributed by atoms with Crippen LogP contribution in [0.15, 0.2) is 64.6 Å². The first-order valence-electron chi connectivity index (χ1n) is 8.16. The zero-order valence-electron chi connectivity index (χ0n) is 14.1. The summed E-state index contributed by atoms with van der Waals surface area (Å²) in [7, 11) is 0. The SMILES string of the molecule is Cc1csc2nc(-c3cccc(NC(=O)Cc4cccc(Br)c4)c3)cn12. The Labute approximate surface area is 163 Å². The molecular formula is C20H16BrN3OS. The van der Waals surface area contributed by atoms with Crippen LogP contribution >= 0.6 is 27.3 Å². The fourth-order valence-corrected chi connectivity index (χ4v) is 4.12. The highest BCUT2D eigenvalue weighted by Crippen LogP contribution is 2.25. The zero-order valence-corrected chi connectivity index (χ0v) is 16.5. The summed E-state index contributed by atoms with van der Waals surface area (Å²) in [6.45, 7) is 2.06. The van der Waals surface area contributed by atoms with E-state index < -0.39 is 0 Å². The molecule has 4 aromatic rings. The lowest BCUT2D eigenvalue weighted by Crippen LogP contribution is -2.14. The average molecular weight is 426 g/mol. The van der Waals surface area contributed by atoms with Crippen LogP contribution in [0.4, 0.5) is 5.69 Å². The summed E-state index contributed by atoms with van der Waals surface area (Å²) in [5.74, 6) is -0.0399. The molecule has 0 spiro atoms. The number of amides is 1. The molecule has 0 unspecified atom stereocenters. The number of benzene rings is 2. The van der Waals surface area contributed by atoms with Crippen LogP contribution in [0.2, 0.25) is 0 Å². The number of hydrogen-bond donors (Lipinski definition) is 1. The van der Waals surface area contributed by atoms with Crippen molar-refractivity contribution in [3.8, 4) is 11.3 Å². The Morgan fingerprint density at radius 2 is 2.08 bits per heavy atom. The van der Waals surface area contributed by atoms with Gasteiger partial charge in [0.2, 0.25) is 5.91 Å². The van der Waals surface area contributed by atoms with Crippen molar-refractivity contribution in [3.05, 3.63) is 75.8 Å². The number of nitrogens with one attached hydrogen (secondary N) is 1. The van der Waals surface area contributed by atoms with Gasteiger partial charge in [0.1, 0.15) is 0 Å². The van der Waals surface area contributed by atoms with Gasteiger partial charge in [0.15, 0.2) is 4.96 Å². The Kier molecular flexibility index (Phi) is 4.61. The molecule has 2 aromatic heterocycles. The Morgan fingerprint density at radius 3 is 2.88 bits per heavy atom. The van der Waals surface area contributed by atoms with Gasteiger partial charge in [0, 0.05) is 33.0 Å². The zero-order chi connectivity index (χ0) is 18.1. The third-order valence-electron chi connectivity index (χ3n) is 4.08. The maximum Gasteiger partial charge on any atom is 0.228 e. The Balaban J connectivity index is 1.52. The summed E-state index contributed by atoms with van der Waals surface area (Å²) >= 11 is 5.06. The van der Waals surface area contributed by atoms with Crippen molar-refractivity contribution in [1.29, 1.82) is 0 Å². The van der Waals surface area contributed by atoms with Crippen molar-refractivity contribution < 1.29 is 4.79 Å². The third-order valence-corrected chi connectivity index (χ3v) is 5.54. The van der Waals surface area contributed by atoms with Crippen molar-refractivity contribution in [1.82, 2.24) is 9.38 Å². The fraction of sp³-hybridized carbons (Fsp3) is 0.100. The van der Waals surface area contributed by atoms with Crippen molar-refractivity contribution in [2.45, 2.75) is 13.3 Å². The summed E-state index contributed by atoms with van der Waals surface area (Å²) < 4.78 is 3.05. The monoisotopic (exact) mass is 425 g/mol. The number of aromatic nitrogens is 2. The van der Waals surface area contributed by atoms with E-state index >= 15 is 0 Å². The molecule has 2 aromatic carbocycles. The number of fused-ring (bicyclic) bond motifs is 1. The fourth-order valence-electron chi connectivity index (χ4n) is 2.83. The summed E-state index contributed by atoms with van der Waals surface area (Å²) in [6, 6.07) is 15.6. The standard InChI is InChI=1S/C20H16BrN3OS/c1-13-12-26-20-23-18(11-24(13)20)15-5-3-7-17(10-15)22-19(25)9-14-4-2-6-16(21)8-14/h2-8,10-12H,9H2,1H3,(H,22,25). The Bertz CT molecular complexity index is 1100. The molecule has 0 saturated carbocycles. The molecule has 0 saturated heterocycles. The number of carbonyl (C=O) groups is 1. The van der Waals surface area contributed by atoms with Gasteiger partial charge >= 0.3 is 0 Å². The minimum absolute atomic E-state index is 0.0399. The summed E-state index contributed by atoms with van der Waals surface area (Å²) in [5.41, 5.74) is 4.80. The highest BCUT2D eigenvalue weighted by Gasteiger charge is 2.09. The minimum Gasteiger partial charge on any atom is -0.326 e. The maximum atomic E-state index is 12.3. The molecule has 0 bridgehead atoms. The number of aryl methyl sites for hydroxylation is 1. The normalized spacial score (nSPS) is 11.0. The first-order valence-corrected chi connectivity index (χ1v) is 9.84. The molecule has 0 atom stereocenters. The molecule has 1 N–H and O–H groups in total. The van der Waals surface area contributed by atoms with E-state index in [-0.39, 0.29) is 5.91 Å². The molecule has 0 radical (unpaired) electrons. The van der Waals surface area contributed by atoms with Gasteiger partial charge in [-0.15, -0.1) is 11.3 Å². The number of hydrogen-bond acceptors (Lipinski definition) is 3. The van der Waals surface area contributed by atoms with Crippen LogP contribution in [-0.2, 0) is 11.2 Å². The van der Waals surface area contributed by atoms with E-state index in [1.807, 2.05) is 54.7 Å². The number of halogens is 1. The van der Waals surface area contributed by atoms with E-state index in [1.165, 1.54) is 5.69 Å². The van der Waals surface area contributed by atoms with Crippen LogP contribution in [0.5, 0.6) is 0 Å². The molecule has 0 aliphatic rings. The van der Waals surface area contributed by atoms with Crippen LogP contribution in [0, 0.1) is 6.92 Å². The van der Waals surface area contributed by atoms with Gasteiger partial charge < -0.3 is 5.32 Å². The van der Waals surface area contributed by atoms with Crippen LogP contribution in [-0.4, -0.2) is 15.3 Å². The summed E-state index contributed by atoms with van der Waals surface area (Å²) in [5, 5.41) is 5.06. The molecule has 130 valence electrons.